The van der Waals surface area contributed by atoms with Crippen molar-refractivity contribution in [3.8, 4) is 10.6 Å². The van der Waals surface area contributed by atoms with Crippen LogP contribution < -0.4 is 4.90 Å². The second-order valence-corrected chi connectivity index (χ2v) is 7.86. The fourth-order valence-corrected chi connectivity index (χ4v) is 4.34. The van der Waals surface area contributed by atoms with Gasteiger partial charge in [-0.15, -0.1) is 11.3 Å². The minimum Gasteiger partial charge on any atom is -0.368 e. The molecule has 7 heteroatoms. The van der Waals surface area contributed by atoms with Crippen molar-refractivity contribution in [1.82, 2.24) is 14.9 Å². The Bertz CT molecular complexity index is 934. The molecule has 1 amide bonds. The number of amides is 1. The normalized spacial score (nSPS) is 14.4. The minimum absolute atomic E-state index is 0.0704. The van der Waals surface area contributed by atoms with E-state index >= 15 is 0 Å². The fraction of sp³-hybridized carbons (Fsp3) is 0.250. The van der Waals surface area contributed by atoms with Gasteiger partial charge in [-0.25, -0.2) is 4.98 Å². The highest BCUT2D eigenvalue weighted by Crippen LogP contribution is 2.29. The zero-order valence-corrected chi connectivity index (χ0v) is 16.5. The number of piperazine rings is 1. The molecule has 0 saturated carbocycles. The third-order valence-corrected chi connectivity index (χ3v) is 6.12. The number of benzene rings is 1. The summed E-state index contributed by atoms with van der Waals surface area (Å²) < 4.78 is 0. The molecule has 0 spiro atoms. The van der Waals surface area contributed by atoms with Gasteiger partial charge in [0, 0.05) is 54.8 Å². The summed E-state index contributed by atoms with van der Waals surface area (Å²) in [4.78, 5) is 26.5. The quantitative estimate of drug-likeness (QED) is 0.665. The first-order valence-corrected chi connectivity index (χ1v) is 9.99. The van der Waals surface area contributed by atoms with Gasteiger partial charge in [-0.1, -0.05) is 11.6 Å². The summed E-state index contributed by atoms with van der Waals surface area (Å²) in [6, 6.07) is 11.7. The predicted octanol–water partition coefficient (Wildman–Crippen LogP) is 4.13. The number of aromatic nitrogens is 2. The van der Waals surface area contributed by atoms with Crippen molar-refractivity contribution in [2.24, 2.45) is 0 Å². The minimum atomic E-state index is 0.0704. The van der Waals surface area contributed by atoms with E-state index in [2.05, 4.69) is 14.9 Å². The van der Waals surface area contributed by atoms with Gasteiger partial charge >= 0.3 is 0 Å². The number of hydrogen-bond acceptors (Lipinski definition) is 5. The van der Waals surface area contributed by atoms with Crippen LogP contribution >= 0.6 is 22.9 Å². The number of rotatable bonds is 3. The van der Waals surface area contributed by atoms with Crippen LogP contribution in [0.3, 0.4) is 0 Å². The average molecular weight is 399 g/mol. The highest BCUT2D eigenvalue weighted by atomic mass is 35.5. The lowest BCUT2D eigenvalue weighted by atomic mass is 10.2. The summed E-state index contributed by atoms with van der Waals surface area (Å²) in [5, 5.41) is 1.59. The van der Waals surface area contributed by atoms with Gasteiger partial charge in [0.05, 0.1) is 5.69 Å². The third-order valence-electron chi connectivity index (χ3n) is 4.68. The van der Waals surface area contributed by atoms with Crippen molar-refractivity contribution in [1.29, 1.82) is 0 Å². The van der Waals surface area contributed by atoms with Gasteiger partial charge in [0.15, 0.2) is 0 Å². The molecular formula is C20H19ClN4OS. The van der Waals surface area contributed by atoms with E-state index in [1.54, 1.807) is 12.4 Å². The molecule has 0 unspecified atom stereocenters. The zero-order chi connectivity index (χ0) is 18.8. The highest BCUT2D eigenvalue weighted by molar-refractivity contribution is 7.17. The first-order chi connectivity index (χ1) is 13.1. The lowest BCUT2D eigenvalue weighted by Crippen LogP contribution is -2.48. The molecule has 3 aromatic rings. The molecule has 1 fully saturated rings. The lowest BCUT2D eigenvalue weighted by molar-refractivity contribution is 0.0750. The first kappa shape index (κ1) is 17.9. The number of pyridine rings is 1. The molecule has 5 nitrogen and oxygen atoms in total. The van der Waals surface area contributed by atoms with Gasteiger partial charge in [0.1, 0.15) is 9.88 Å². The Morgan fingerprint density at radius 2 is 1.70 bits per heavy atom. The van der Waals surface area contributed by atoms with Gasteiger partial charge in [-0.3, -0.25) is 9.78 Å². The number of anilines is 1. The summed E-state index contributed by atoms with van der Waals surface area (Å²) in [6.45, 7) is 4.91. The summed E-state index contributed by atoms with van der Waals surface area (Å²) in [5.41, 5.74) is 2.92. The van der Waals surface area contributed by atoms with Crippen LogP contribution in [0.4, 0.5) is 5.69 Å². The molecule has 4 rings (SSSR count). The Morgan fingerprint density at radius 1 is 1.04 bits per heavy atom. The number of nitrogens with zero attached hydrogens (tertiary/aromatic N) is 4. The summed E-state index contributed by atoms with van der Waals surface area (Å²) in [7, 11) is 0. The Morgan fingerprint density at radius 3 is 2.37 bits per heavy atom. The monoisotopic (exact) mass is 398 g/mol. The van der Waals surface area contributed by atoms with Crippen molar-refractivity contribution >= 4 is 34.5 Å². The lowest BCUT2D eigenvalue weighted by Gasteiger charge is -2.36. The molecule has 1 aliphatic rings. The molecule has 0 bridgehead atoms. The van der Waals surface area contributed by atoms with Gasteiger partial charge < -0.3 is 9.80 Å². The maximum atomic E-state index is 13.0. The van der Waals surface area contributed by atoms with Crippen LogP contribution in [0.5, 0.6) is 0 Å². The fourth-order valence-electron chi connectivity index (χ4n) is 3.18. The van der Waals surface area contributed by atoms with E-state index in [0.29, 0.717) is 13.1 Å². The van der Waals surface area contributed by atoms with E-state index in [1.165, 1.54) is 11.3 Å². The van der Waals surface area contributed by atoms with Gasteiger partial charge in [0.2, 0.25) is 0 Å². The number of carbonyl (C=O) groups is 1. The van der Waals surface area contributed by atoms with Crippen LogP contribution in [-0.2, 0) is 0 Å². The first-order valence-electron chi connectivity index (χ1n) is 8.79. The molecule has 0 atom stereocenters. The largest absolute Gasteiger partial charge is 0.368 e. The SMILES string of the molecule is Cc1nc(-c2ccncc2)sc1C(=O)N1CCN(c2ccc(Cl)cc2)CC1. The molecule has 3 heterocycles. The second kappa shape index (κ2) is 7.66. The van der Waals surface area contributed by atoms with Crippen molar-refractivity contribution < 1.29 is 4.79 Å². The van der Waals surface area contributed by atoms with Crippen molar-refractivity contribution in [3.63, 3.8) is 0 Å². The van der Waals surface area contributed by atoms with E-state index in [4.69, 9.17) is 11.6 Å². The zero-order valence-electron chi connectivity index (χ0n) is 14.9. The van der Waals surface area contributed by atoms with Gasteiger partial charge in [-0.2, -0.15) is 0 Å². The molecule has 1 aromatic carbocycles. The van der Waals surface area contributed by atoms with Gasteiger partial charge in [0.25, 0.3) is 5.91 Å². The number of thiazole rings is 1. The summed E-state index contributed by atoms with van der Waals surface area (Å²) >= 11 is 7.42. The van der Waals surface area contributed by atoms with Crippen molar-refractivity contribution in [2.45, 2.75) is 6.92 Å². The van der Waals surface area contributed by atoms with E-state index < -0.39 is 0 Å². The number of halogens is 1. The average Bonchev–Trinajstić information content (AvgIpc) is 3.10. The molecule has 0 aliphatic carbocycles. The van der Waals surface area contributed by atoms with Crippen LogP contribution in [0.15, 0.2) is 48.8 Å². The van der Waals surface area contributed by atoms with Crippen LogP contribution in [-0.4, -0.2) is 47.0 Å². The van der Waals surface area contributed by atoms with E-state index in [-0.39, 0.29) is 5.91 Å². The van der Waals surface area contributed by atoms with Crippen LogP contribution in [0.1, 0.15) is 15.4 Å². The van der Waals surface area contributed by atoms with E-state index in [9.17, 15) is 4.79 Å². The highest BCUT2D eigenvalue weighted by Gasteiger charge is 2.25. The maximum absolute atomic E-state index is 13.0. The Hall–Kier alpha value is -2.44. The molecule has 1 aliphatic heterocycles. The molecule has 1 saturated heterocycles. The van der Waals surface area contributed by atoms with Crippen molar-refractivity contribution in [3.05, 3.63) is 64.4 Å². The second-order valence-electron chi connectivity index (χ2n) is 6.43. The number of carbonyl (C=O) groups excluding carboxylic acids is 1. The third kappa shape index (κ3) is 3.82. The smallest absolute Gasteiger partial charge is 0.265 e. The standard InChI is InChI=1S/C20H19ClN4OS/c1-14-18(27-19(23-14)15-6-8-22-9-7-15)20(26)25-12-10-24(11-13-25)17-4-2-16(21)3-5-17/h2-9H,10-13H2,1H3. The Kier molecular flexibility index (Phi) is 5.09. The molecular weight excluding hydrogens is 380 g/mol. The summed E-state index contributed by atoms with van der Waals surface area (Å²) in [6.07, 6.45) is 3.48. The molecule has 27 heavy (non-hydrogen) atoms. The molecule has 0 radical (unpaired) electrons. The number of hydrogen-bond donors (Lipinski definition) is 0. The summed E-state index contributed by atoms with van der Waals surface area (Å²) in [5.74, 6) is 0.0704. The number of aryl methyl sites for hydroxylation is 1. The van der Waals surface area contributed by atoms with Crippen LogP contribution in [0.25, 0.3) is 10.6 Å². The molecule has 2 aromatic heterocycles. The van der Waals surface area contributed by atoms with Crippen molar-refractivity contribution in [2.75, 3.05) is 31.1 Å². The maximum Gasteiger partial charge on any atom is 0.265 e. The molecule has 0 N–H and O–H groups in total. The topological polar surface area (TPSA) is 49.3 Å². The Labute approximate surface area is 167 Å². The van der Waals surface area contributed by atoms with E-state index in [0.717, 1.165) is 44.9 Å². The Balaban J connectivity index is 1.45. The van der Waals surface area contributed by atoms with Crippen LogP contribution in [0.2, 0.25) is 5.02 Å². The van der Waals surface area contributed by atoms with Gasteiger partial charge in [-0.05, 0) is 43.3 Å². The van der Waals surface area contributed by atoms with Crippen LogP contribution in [0, 0.1) is 6.92 Å². The van der Waals surface area contributed by atoms with E-state index in [1.807, 2.05) is 48.2 Å². The predicted molar refractivity (Wildman–Crippen MR) is 110 cm³/mol. The molecule has 138 valence electrons.